The number of carbonyl (C=O) groups is 1. The van der Waals surface area contributed by atoms with Crippen LogP contribution in [0.15, 0.2) is 30.7 Å². The Morgan fingerprint density at radius 3 is 2.83 bits per heavy atom. The standard InChI is InChI=1S/C26H26F2N6O2/c27-17-8-19(28)26-30-11-22(33(26)14-17)24-18-10-29-20(25(35)16-7-15-4-5-32(12-15)13-16)9-21(18)34(31-24)23-3-1-2-6-36-23/h8-11,14-16,23H,1-7,12-13H2. The van der Waals surface area contributed by atoms with E-state index in [9.17, 15) is 13.6 Å². The number of ether oxygens (including phenoxy) is 1. The van der Waals surface area contributed by atoms with Crippen LogP contribution in [0.3, 0.4) is 0 Å². The summed E-state index contributed by atoms with van der Waals surface area (Å²) in [4.78, 5) is 24.6. The lowest BCUT2D eigenvalue weighted by Crippen LogP contribution is -2.37. The fourth-order valence-corrected chi connectivity index (χ4v) is 6.14. The Balaban J connectivity index is 1.35. The van der Waals surface area contributed by atoms with E-state index >= 15 is 0 Å². The van der Waals surface area contributed by atoms with Gasteiger partial charge in [-0.2, -0.15) is 5.10 Å². The van der Waals surface area contributed by atoms with Crippen molar-refractivity contribution < 1.29 is 18.3 Å². The summed E-state index contributed by atoms with van der Waals surface area (Å²) >= 11 is 0. The number of hydrogen-bond acceptors (Lipinski definition) is 6. The highest BCUT2D eigenvalue weighted by atomic mass is 19.1. The predicted molar refractivity (Wildman–Crippen MR) is 127 cm³/mol. The average molecular weight is 493 g/mol. The first kappa shape index (κ1) is 22.0. The van der Waals surface area contributed by atoms with Gasteiger partial charge in [0.1, 0.15) is 17.2 Å². The number of Topliss-reactive ketones (excluding diaryl/α,β-unsaturated/α-hetero) is 1. The minimum absolute atomic E-state index is 0.0182. The van der Waals surface area contributed by atoms with Gasteiger partial charge in [0.2, 0.25) is 0 Å². The van der Waals surface area contributed by atoms with Crippen LogP contribution in [0.1, 0.15) is 48.8 Å². The second kappa shape index (κ2) is 8.41. The Labute approximate surface area is 205 Å². The molecule has 0 spiro atoms. The molecule has 3 fully saturated rings. The highest BCUT2D eigenvalue weighted by molar-refractivity contribution is 6.01. The quantitative estimate of drug-likeness (QED) is 0.397. The van der Waals surface area contributed by atoms with Gasteiger partial charge in [-0.15, -0.1) is 0 Å². The van der Waals surface area contributed by atoms with Crippen molar-refractivity contribution in [3.8, 4) is 11.4 Å². The van der Waals surface area contributed by atoms with E-state index in [1.54, 1.807) is 10.9 Å². The van der Waals surface area contributed by atoms with Crippen LogP contribution in [0.5, 0.6) is 0 Å². The zero-order chi connectivity index (χ0) is 24.4. The Hall–Kier alpha value is -3.24. The molecular weight excluding hydrogens is 466 g/mol. The molecule has 186 valence electrons. The van der Waals surface area contributed by atoms with Crippen LogP contribution in [0.4, 0.5) is 8.78 Å². The number of fused-ring (bicyclic) bond motifs is 4. The van der Waals surface area contributed by atoms with Crippen molar-refractivity contribution in [2.24, 2.45) is 11.8 Å². The van der Waals surface area contributed by atoms with Crippen molar-refractivity contribution in [3.05, 3.63) is 48.1 Å². The third-order valence-corrected chi connectivity index (χ3v) is 7.88. The highest BCUT2D eigenvalue weighted by Crippen LogP contribution is 2.35. The number of aromatic nitrogens is 5. The van der Waals surface area contributed by atoms with Crippen LogP contribution in [-0.2, 0) is 4.74 Å². The fraction of sp³-hybridized carbons (Fsp3) is 0.462. The summed E-state index contributed by atoms with van der Waals surface area (Å²) in [6.07, 6.45) is 8.88. The molecule has 0 amide bonds. The van der Waals surface area contributed by atoms with Gasteiger partial charge in [-0.1, -0.05) is 0 Å². The summed E-state index contributed by atoms with van der Waals surface area (Å²) in [6, 6.07) is 2.62. The van der Waals surface area contributed by atoms with Gasteiger partial charge in [-0.05, 0) is 50.6 Å². The molecule has 0 saturated carbocycles. The van der Waals surface area contributed by atoms with E-state index < -0.39 is 11.6 Å². The second-order valence-electron chi connectivity index (χ2n) is 10.3. The summed E-state index contributed by atoms with van der Waals surface area (Å²) in [5.74, 6) is -0.861. The van der Waals surface area contributed by atoms with Crippen LogP contribution in [0.2, 0.25) is 0 Å². The maximum Gasteiger partial charge on any atom is 0.185 e. The number of piperidine rings is 1. The Morgan fingerprint density at radius 1 is 1.08 bits per heavy atom. The SMILES string of the molecule is O=C(c1cc2c(cn1)c(-c1cnc3c(F)cc(F)cn13)nn2C1CCCCO1)C1CC2CCN(C2)C1. The predicted octanol–water partition coefficient (Wildman–Crippen LogP) is 4.25. The summed E-state index contributed by atoms with van der Waals surface area (Å²) in [5, 5.41) is 5.52. The van der Waals surface area contributed by atoms with E-state index in [4.69, 9.17) is 9.84 Å². The van der Waals surface area contributed by atoms with Crippen molar-refractivity contribution in [2.45, 2.75) is 38.3 Å². The van der Waals surface area contributed by atoms with Crippen molar-refractivity contribution in [3.63, 3.8) is 0 Å². The first-order valence-electron chi connectivity index (χ1n) is 12.6. The summed E-state index contributed by atoms with van der Waals surface area (Å²) in [6.45, 7) is 3.57. The molecule has 7 heterocycles. The molecule has 0 radical (unpaired) electrons. The average Bonchev–Trinajstić information content (AvgIpc) is 3.58. The van der Waals surface area contributed by atoms with Crippen LogP contribution >= 0.6 is 0 Å². The topological polar surface area (TPSA) is 77.6 Å². The first-order chi connectivity index (χ1) is 17.5. The van der Waals surface area contributed by atoms with Crippen molar-refractivity contribution in [1.82, 2.24) is 29.0 Å². The van der Waals surface area contributed by atoms with Crippen LogP contribution in [0.25, 0.3) is 27.9 Å². The first-order valence-corrected chi connectivity index (χ1v) is 12.6. The van der Waals surface area contributed by atoms with Gasteiger partial charge in [0.25, 0.3) is 0 Å². The van der Waals surface area contributed by atoms with Gasteiger partial charge < -0.3 is 9.64 Å². The number of carbonyl (C=O) groups excluding carboxylic acids is 1. The molecule has 0 N–H and O–H groups in total. The smallest absolute Gasteiger partial charge is 0.185 e. The Kier molecular flexibility index (Phi) is 5.14. The molecule has 3 aliphatic heterocycles. The minimum atomic E-state index is -0.746. The normalized spacial score (nSPS) is 26.2. The van der Waals surface area contributed by atoms with Crippen LogP contribution in [0, 0.1) is 23.5 Å². The van der Waals surface area contributed by atoms with Gasteiger partial charge in [-0.3, -0.25) is 14.2 Å². The monoisotopic (exact) mass is 492 g/mol. The number of hydrogen-bond donors (Lipinski definition) is 0. The third-order valence-electron chi connectivity index (χ3n) is 7.88. The molecule has 2 bridgehead atoms. The van der Waals surface area contributed by atoms with Gasteiger partial charge >= 0.3 is 0 Å². The molecule has 4 aromatic heterocycles. The van der Waals surface area contributed by atoms with Gasteiger partial charge in [0.15, 0.2) is 23.5 Å². The summed E-state index contributed by atoms with van der Waals surface area (Å²) in [7, 11) is 0. The lowest BCUT2D eigenvalue weighted by Gasteiger charge is -2.28. The number of imidazole rings is 1. The highest BCUT2D eigenvalue weighted by Gasteiger charge is 2.36. The number of rotatable bonds is 4. The molecule has 3 saturated heterocycles. The molecule has 36 heavy (non-hydrogen) atoms. The molecule has 0 aliphatic carbocycles. The van der Waals surface area contributed by atoms with E-state index in [2.05, 4.69) is 14.9 Å². The fourth-order valence-electron chi connectivity index (χ4n) is 6.14. The van der Waals surface area contributed by atoms with Crippen molar-refractivity contribution in [1.29, 1.82) is 0 Å². The maximum atomic E-state index is 14.3. The molecule has 0 aromatic carbocycles. The zero-order valence-corrected chi connectivity index (χ0v) is 19.7. The molecule has 4 atom stereocenters. The van der Waals surface area contributed by atoms with E-state index in [1.165, 1.54) is 16.8 Å². The van der Waals surface area contributed by atoms with Crippen LogP contribution in [-0.4, -0.2) is 61.1 Å². The van der Waals surface area contributed by atoms with Crippen molar-refractivity contribution in [2.75, 3.05) is 26.2 Å². The largest absolute Gasteiger partial charge is 0.356 e. The molecule has 10 heteroatoms. The molecule has 8 nitrogen and oxygen atoms in total. The lowest BCUT2D eigenvalue weighted by atomic mass is 9.87. The summed E-state index contributed by atoms with van der Waals surface area (Å²) in [5.41, 5.74) is 2.10. The van der Waals surface area contributed by atoms with Crippen LogP contribution < -0.4 is 0 Å². The van der Waals surface area contributed by atoms with Crippen molar-refractivity contribution >= 4 is 22.3 Å². The number of halogens is 2. The zero-order valence-electron chi connectivity index (χ0n) is 19.7. The summed E-state index contributed by atoms with van der Waals surface area (Å²) < 4.78 is 37.6. The molecule has 4 unspecified atom stereocenters. The molecular formula is C26H26F2N6O2. The number of nitrogens with zero attached hydrogens (tertiary/aromatic N) is 6. The number of ketones is 1. The molecule has 7 rings (SSSR count). The van der Waals surface area contributed by atoms with Gasteiger partial charge in [0, 0.05) is 49.5 Å². The van der Waals surface area contributed by atoms with E-state index in [0.717, 1.165) is 63.3 Å². The van der Waals surface area contributed by atoms with E-state index in [-0.39, 0.29) is 23.6 Å². The lowest BCUT2D eigenvalue weighted by molar-refractivity contribution is -0.0365. The second-order valence-corrected chi connectivity index (χ2v) is 10.3. The Bertz CT molecular complexity index is 1480. The van der Waals surface area contributed by atoms with Gasteiger partial charge in [0.05, 0.1) is 17.4 Å². The maximum absolute atomic E-state index is 14.3. The Morgan fingerprint density at radius 2 is 2.00 bits per heavy atom. The molecule has 3 aliphatic rings. The van der Waals surface area contributed by atoms with E-state index in [1.807, 2.05) is 6.07 Å². The third kappa shape index (κ3) is 3.54. The van der Waals surface area contributed by atoms with Gasteiger partial charge in [-0.25, -0.2) is 18.4 Å². The number of pyridine rings is 2. The van der Waals surface area contributed by atoms with E-state index in [0.29, 0.717) is 35.0 Å². The minimum Gasteiger partial charge on any atom is -0.356 e. The molecule has 4 aromatic rings.